The number of fused-ring (bicyclic) bond motifs is 1. The third-order valence-corrected chi connectivity index (χ3v) is 8.41. The van der Waals surface area contributed by atoms with Gasteiger partial charge in [0.05, 0.1) is 19.3 Å². The van der Waals surface area contributed by atoms with Gasteiger partial charge in [-0.25, -0.2) is 0 Å². The number of anilines is 1. The minimum Gasteiger partial charge on any atom is -0.497 e. The Morgan fingerprint density at radius 3 is 2.29 bits per heavy atom. The molecular weight excluding hydrogens is 474 g/mol. The third-order valence-electron chi connectivity index (χ3n) is 5.99. The molecule has 2 aliphatic heterocycles. The predicted molar refractivity (Wildman–Crippen MR) is 146 cm³/mol. The van der Waals surface area contributed by atoms with E-state index in [1.165, 1.54) is 17.3 Å². The van der Waals surface area contributed by atoms with Crippen molar-refractivity contribution in [3.63, 3.8) is 0 Å². The van der Waals surface area contributed by atoms with Crippen molar-refractivity contribution in [1.29, 1.82) is 0 Å². The predicted octanol–water partition coefficient (Wildman–Crippen LogP) is 6.17. The number of ether oxygens (including phenoxy) is 1. The van der Waals surface area contributed by atoms with Gasteiger partial charge in [-0.05, 0) is 48.4 Å². The maximum absolute atomic E-state index is 13.8. The van der Waals surface area contributed by atoms with Crippen molar-refractivity contribution in [2.24, 2.45) is 4.99 Å². The van der Waals surface area contributed by atoms with Crippen molar-refractivity contribution in [3.05, 3.63) is 99.9 Å². The van der Waals surface area contributed by atoms with Gasteiger partial charge in [0.1, 0.15) is 15.7 Å². The van der Waals surface area contributed by atoms with E-state index >= 15 is 0 Å². The van der Waals surface area contributed by atoms with E-state index in [9.17, 15) is 4.79 Å². The lowest BCUT2D eigenvalue weighted by Gasteiger charge is -2.19. The Morgan fingerprint density at radius 2 is 1.60 bits per heavy atom. The molecule has 0 unspecified atom stereocenters. The molecule has 2 heterocycles. The van der Waals surface area contributed by atoms with Crippen molar-refractivity contribution in [1.82, 2.24) is 4.90 Å². The van der Waals surface area contributed by atoms with Crippen LogP contribution in [-0.4, -0.2) is 36.2 Å². The van der Waals surface area contributed by atoms with Crippen LogP contribution in [0.25, 0.3) is 0 Å². The summed E-state index contributed by atoms with van der Waals surface area (Å²) in [5.74, 6) is 0.840. The molecule has 35 heavy (non-hydrogen) atoms. The van der Waals surface area contributed by atoms with Crippen LogP contribution in [0.3, 0.4) is 0 Å². The fraction of sp³-hybridized carbons (Fsp3) is 0.214. The van der Waals surface area contributed by atoms with Crippen LogP contribution in [0.2, 0.25) is 0 Å². The second kappa shape index (κ2) is 10.6. The van der Waals surface area contributed by atoms with Crippen molar-refractivity contribution in [2.45, 2.75) is 24.8 Å². The number of amidine groups is 1. The van der Waals surface area contributed by atoms with Crippen molar-refractivity contribution >= 4 is 40.3 Å². The first-order valence-corrected chi connectivity index (χ1v) is 13.3. The molecule has 2 aliphatic rings. The molecule has 1 amide bonds. The lowest BCUT2D eigenvalue weighted by atomic mass is 10.1. The molecule has 0 aliphatic carbocycles. The van der Waals surface area contributed by atoms with Crippen LogP contribution in [0.15, 0.2) is 98.7 Å². The zero-order chi connectivity index (χ0) is 24.2. The standard InChI is InChI=1S/C28H27N3O2S2/c1-3-30-23-18-22(33-2)14-15-24(23)34-27(30)25-26(32)31(17-16-20-10-6-4-7-11-20)28(35-25)29-19-21-12-8-5-9-13-21/h4-15,18H,3,16-17,19H2,1-2H3/b27-25-,29-28?. The number of thioether (sulfide) groups is 2. The molecule has 7 heteroatoms. The molecule has 0 saturated carbocycles. The zero-order valence-corrected chi connectivity index (χ0v) is 21.4. The molecule has 5 nitrogen and oxygen atoms in total. The number of carbonyl (C=O) groups is 1. The first-order valence-electron chi connectivity index (χ1n) is 11.7. The summed E-state index contributed by atoms with van der Waals surface area (Å²) in [7, 11) is 1.68. The van der Waals surface area contributed by atoms with Crippen molar-refractivity contribution in [3.8, 4) is 5.75 Å². The first-order chi connectivity index (χ1) is 17.2. The third kappa shape index (κ3) is 4.97. The maximum Gasteiger partial charge on any atom is 0.269 e. The highest BCUT2D eigenvalue weighted by molar-refractivity contribution is 8.19. The summed E-state index contributed by atoms with van der Waals surface area (Å²) < 4.78 is 5.44. The fourth-order valence-electron chi connectivity index (χ4n) is 4.15. The summed E-state index contributed by atoms with van der Waals surface area (Å²) in [5, 5.41) is 1.74. The average molecular weight is 502 g/mol. The highest BCUT2D eigenvalue weighted by atomic mass is 32.2. The van der Waals surface area contributed by atoms with Gasteiger partial charge in [0.25, 0.3) is 5.91 Å². The molecule has 0 aromatic heterocycles. The van der Waals surface area contributed by atoms with Gasteiger partial charge in [-0.2, -0.15) is 0 Å². The molecule has 3 aromatic rings. The summed E-state index contributed by atoms with van der Waals surface area (Å²) in [6.07, 6.45) is 0.780. The summed E-state index contributed by atoms with van der Waals surface area (Å²) in [6, 6.07) is 26.5. The highest BCUT2D eigenvalue weighted by Gasteiger charge is 2.39. The Labute approximate surface area is 214 Å². The Bertz CT molecular complexity index is 1280. The van der Waals surface area contributed by atoms with Crippen LogP contribution in [0, 0.1) is 0 Å². The molecule has 0 atom stereocenters. The minimum absolute atomic E-state index is 0.0264. The lowest BCUT2D eigenvalue weighted by molar-refractivity contribution is -0.122. The van der Waals surface area contributed by atoms with Gasteiger partial charge in [-0.1, -0.05) is 72.4 Å². The average Bonchev–Trinajstić information content (AvgIpc) is 3.43. The van der Waals surface area contributed by atoms with Crippen molar-refractivity contribution in [2.75, 3.05) is 25.1 Å². The molecule has 178 valence electrons. The monoisotopic (exact) mass is 501 g/mol. The van der Waals surface area contributed by atoms with Gasteiger partial charge in [-0.3, -0.25) is 14.7 Å². The Balaban J connectivity index is 1.47. The number of carbonyl (C=O) groups excluding carboxylic acids is 1. The lowest BCUT2D eigenvalue weighted by Crippen LogP contribution is -2.32. The molecule has 5 rings (SSSR count). The molecule has 0 bridgehead atoms. The maximum atomic E-state index is 13.8. The van der Waals surface area contributed by atoms with E-state index in [-0.39, 0.29) is 5.91 Å². The second-order valence-corrected chi connectivity index (χ2v) is 10.2. The zero-order valence-electron chi connectivity index (χ0n) is 19.8. The topological polar surface area (TPSA) is 45.1 Å². The normalized spacial score (nSPS) is 18.5. The first kappa shape index (κ1) is 23.6. The highest BCUT2D eigenvalue weighted by Crippen LogP contribution is 2.51. The van der Waals surface area contributed by atoms with Crippen LogP contribution in [-0.2, 0) is 17.8 Å². The molecular formula is C28H27N3O2S2. The van der Waals surface area contributed by atoms with Crippen LogP contribution in [0.4, 0.5) is 5.69 Å². The van der Waals surface area contributed by atoms with E-state index in [1.54, 1.807) is 18.9 Å². The second-order valence-electron chi connectivity index (χ2n) is 8.19. The summed E-state index contributed by atoms with van der Waals surface area (Å²) in [6.45, 7) is 4.01. The molecule has 0 spiro atoms. The summed E-state index contributed by atoms with van der Waals surface area (Å²) in [5.41, 5.74) is 3.42. The molecule has 1 saturated heterocycles. The number of methoxy groups -OCH3 is 1. The van der Waals surface area contributed by atoms with E-state index in [1.807, 2.05) is 53.4 Å². The SMILES string of the molecule is CCN1/C(=C2/SC(=NCc3ccccc3)N(CCc3ccccc3)C2=O)Sc2ccc(OC)cc21. The largest absolute Gasteiger partial charge is 0.497 e. The fourth-order valence-corrected chi connectivity index (χ4v) is 6.53. The number of rotatable bonds is 7. The molecule has 3 aromatic carbocycles. The Hall–Kier alpha value is -3.16. The number of hydrogen-bond donors (Lipinski definition) is 0. The van der Waals surface area contributed by atoms with Crippen LogP contribution in [0.1, 0.15) is 18.1 Å². The van der Waals surface area contributed by atoms with Crippen molar-refractivity contribution < 1.29 is 9.53 Å². The van der Waals surface area contributed by atoms with Gasteiger partial charge in [0.2, 0.25) is 0 Å². The van der Waals surface area contributed by atoms with E-state index in [4.69, 9.17) is 9.73 Å². The Kier molecular flexibility index (Phi) is 7.16. The van der Waals surface area contributed by atoms with Gasteiger partial charge in [0, 0.05) is 24.1 Å². The molecule has 0 N–H and O–H groups in total. The van der Waals surface area contributed by atoms with Crippen LogP contribution >= 0.6 is 23.5 Å². The van der Waals surface area contributed by atoms with Gasteiger partial charge in [0.15, 0.2) is 5.17 Å². The number of aliphatic imine (C=N–C) groups is 1. The van der Waals surface area contributed by atoms with E-state index in [0.717, 1.165) is 50.0 Å². The molecule has 1 fully saturated rings. The quantitative estimate of drug-likeness (QED) is 0.362. The summed E-state index contributed by atoms with van der Waals surface area (Å²) in [4.78, 5) is 24.6. The van der Waals surface area contributed by atoms with E-state index in [0.29, 0.717) is 13.1 Å². The van der Waals surface area contributed by atoms with E-state index in [2.05, 4.69) is 42.2 Å². The van der Waals surface area contributed by atoms with Crippen LogP contribution in [0.5, 0.6) is 5.75 Å². The number of hydrogen-bond acceptors (Lipinski definition) is 6. The van der Waals surface area contributed by atoms with Gasteiger partial charge >= 0.3 is 0 Å². The van der Waals surface area contributed by atoms with Gasteiger partial charge < -0.3 is 9.64 Å². The minimum atomic E-state index is 0.0264. The van der Waals surface area contributed by atoms with Crippen LogP contribution < -0.4 is 9.64 Å². The smallest absolute Gasteiger partial charge is 0.269 e. The molecule has 0 radical (unpaired) electrons. The Morgan fingerprint density at radius 1 is 0.886 bits per heavy atom. The number of amides is 1. The number of benzene rings is 3. The number of nitrogens with zero attached hydrogens (tertiary/aromatic N) is 3. The van der Waals surface area contributed by atoms with Gasteiger partial charge in [-0.15, -0.1) is 0 Å². The summed E-state index contributed by atoms with van der Waals surface area (Å²) >= 11 is 3.14. The van der Waals surface area contributed by atoms with E-state index < -0.39 is 0 Å².